The van der Waals surface area contributed by atoms with Gasteiger partial charge in [-0.25, -0.2) is 4.79 Å². The van der Waals surface area contributed by atoms with Crippen LogP contribution in [0, 0.1) is 5.41 Å². The second-order valence-electron chi connectivity index (χ2n) is 4.14. The van der Waals surface area contributed by atoms with Gasteiger partial charge in [-0.1, -0.05) is 30.3 Å². The van der Waals surface area contributed by atoms with Crippen LogP contribution in [0.2, 0.25) is 0 Å². The molecule has 21 heavy (non-hydrogen) atoms. The lowest BCUT2D eigenvalue weighted by Gasteiger charge is -2.12. The van der Waals surface area contributed by atoms with Crippen LogP contribution in [0.15, 0.2) is 54.6 Å². The zero-order valence-corrected chi connectivity index (χ0v) is 11.2. The summed E-state index contributed by atoms with van der Waals surface area (Å²) >= 11 is 0. The topological polar surface area (TPSA) is 97.4 Å². The summed E-state index contributed by atoms with van der Waals surface area (Å²) in [6.07, 6.45) is -0.625. The van der Waals surface area contributed by atoms with Crippen molar-refractivity contribution in [3.05, 3.63) is 54.6 Å². The van der Waals surface area contributed by atoms with Crippen molar-refractivity contribution in [2.75, 3.05) is 11.9 Å². The Balaban J connectivity index is 2.01. The fraction of sp³-hybridized carbons (Fsp3) is 0.0667. The molecule has 0 aliphatic rings. The number of rotatable bonds is 5. The highest BCUT2D eigenvalue weighted by Crippen LogP contribution is 2.24. The number of hydrogen-bond acceptors (Lipinski definition) is 4. The van der Waals surface area contributed by atoms with Crippen molar-refractivity contribution < 1.29 is 14.3 Å². The Morgan fingerprint density at radius 1 is 1.10 bits per heavy atom. The Kier molecular flexibility index (Phi) is 4.76. The van der Waals surface area contributed by atoms with E-state index in [4.69, 9.17) is 20.6 Å². The number of amides is 1. The molecule has 0 radical (unpaired) electrons. The molecule has 6 nitrogen and oxygen atoms in total. The van der Waals surface area contributed by atoms with Crippen molar-refractivity contribution in [2.45, 2.75) is 0 Å². The molecule has 2 aromatic carbocycles. The normalized spacial score (nSPS) is 9.71. The summed E-state index contributed by atoms with van der Waals surface area (Å²) in [7, 11) is 0. The zero-order chi connectivity index (χ0) is 15.1. The Hall–Kier alpha value is -3.02. The molecule has 0 unspecified atom stereocenters. The molecule has 0 spiro atoms. The number of ether oxygens (including phenoxy) is 2. The number of nitrogens with one attached hydrogen (secondary N) is 2. The van der Waals surface area contributed by atoms with Crippen molar-refractivity contribution in [1.82, 2.24) is 0 Å². The summed E-state index contributed by atoms with van der Waals surface area (Å²) < 4.78 is 10.5. The van der Waals surface area contributed by atoms with Crippen LogP contribution in [0.3, 0.4) is 0 Å². The van der Waals surface area contributed by atoms with Crippen molar-refractivity contribution >= 4 is 17.6 Å². The summed E-state index contributed by atoms with van der Waals surface area (Å²) in [5, 5.41) is 9.73. The number of benzene rings is 2. The first-order valence-corrected chi connectivity index (χ1v) is 6.24. The Morgan fingerprint density at radius 3 is 2.48 bits per heavy atom. The van der Waals surface area contributed by atoms with Gasteiger partial charge < -0.3 is 15.2 Å². The van der Waals surface area contributed by atoms with Crippen LogP contribution in [0.5, 0.6) is 11.5 Å². The number of nitrogens with two attached hydrogens (primary N) is 1. The first-order valence-electron chi connectivity index (χ1n) is 6.24. The van der Waals surface area contributed by atoms with E-state index in [-0.39, 0.29) is 12.4 Å². The van der Waals surface area contributed by atoms with Crippen molar-refractivity contribution in [1.29, 1.82) is 5.41 Å². The molecule has 108 valence electrons. The van der Waals surface area contributed by atoms with Gasteiger partial charge >= 0.3 is 6.09 Å². The van der Waals surface area contributed by atoms with Gasteiger partial charge in [0.25, 0.3) is 0 Å². The van der Waals surface area contributed by atoms with Gasteiger partial charge in [-0.2, -0.15) is 0 Å². The van der Waals surface area contributed by atoms with Crippen LogP contribution < -0.4 is 20.5 Å². The molecule has 6 heteroatoms. The Bertz CT molecular complexity index is 629. The minimum atomic E-state index is -0.625. The Morgan fingerprint density at radius 2 is 1.76 bits per heavy atom. The SMILES string of the molecule is N=C(N)COc1ccccc1NC(=O)Oc1ccccc1. The summed E-state index contributed by atoms with van der Waals surface area (Å²) in [5.74, 6) is 0.756. The molecule has 0 saturated heterocycles. The molecular weight excluding hydrogens is 270 g/mol. The average molecular weight is 285 g/mol. The number of hydrogen-bond donors (Lipinski definition) is 3. The molecule has 0 atom stereocenters. The quantitative estimate of drug-likeness (QED) is 0.581. The van der Waals surface area contributed by atoms with E-state index in [0.29, 0.717) is 17.2 Å². The predicted molar refractivity (Wildman–Crippen MR) is 79.9 cm³/mol. The predicted octanol–water partition coefficient (Wildman–Crippen LogP) is 2.61. The van der Waals surface area contributed by atoms with E-state index in [1.54, 1.807) is 48.5 Å². The van der Waals surface area contributed by atoms with Crippen LogP contribution in [0.25, 0.3) is 0 Å². The van der Waals surface area contributed by atoms with Gasteiger partial charge in [-0.05, 0) is 24.3 Å². The monoisotopic (exact) mass is 285 g/mol. The zero-order valence-electron chi connectivity index (χ0n) is 11.2. The van der Waals surface area contributed by atoms with E-state index in [1.165, 1.54) is 0 Å². The van der Waals surface area contributed by atoms with E-state index >= 15 is 0 Å². The molecule has 2 rings (SSSR count). The second kappa shape index (κ2) is 6.95. The van der Waals surface area contributed by atoms with Crippen LogP contribution in [-0.4, -0.2) is 18.5 Å². The third kappa shape index (κ3) is 4.54. The number of carbonyl (C=O) groups excluding carboxylic acids is 1. The number of amidine groups is 1. The van der Waals surface area contributed by atoms with E-state index in [1.807, 2.05) is 6.07 Å². The van der Waals surface area contributed by atoms with Crippen molar-refractivity contribution in [3.63, 3.8) is 0 Å². The highest BCUT2D eigenvalue weighted by Gasteiger charge is 2.09. The summed E-state index contributed by atoms with van der Waals surface area (Å²) in [6, 6.07) is 15.6. The highest BCUT2D eigenvalue weighted by atomic mass is 16.6. The third-order valence-corrected chi connectivity index (χ3v) is 2.46. The molecule has 0 heterocycles. The van der Waals surface area contributed by atoms with Crippen molar-refractivity contribution in [2.24, 2.45) is 5.73 Å². The molecule has 0 bridgehead atoms. The summed E-state index contributed by atoms with van der Waals surface area (Å²) in [6.45, 7) is -0.0492. The van der Waals surface area contributed by atoms with Gasteiger partial charge in [0.1, 0.15) is 23.9 Å². The average Bonchev–Trinajstić information content (AvgIpc) is 2.47. The molecule has 2 aromatic rings. The summed E-state index contributed by atoms with van der Waals surface area (Å²) in [5.41, 5.74) is 5.68. The molecule has 4 N–H and O–H groups in total. The van der Waals surface area contributed by atoms with Gasteiger partial charge in [0.2, 0.25) is 0 Å². The van der Waals surface area contributed by atoms with Gasteiger partial charge in [0.15, 0.2) is 0 Å². The maximum absolute atomic E-state index is 11.8. The molecular formula is C15H15N3O3. The second-order valence-corrected chi connectivity index (χ2v) is 4.14. The van der Waals surface area contributed by atoms with E-state index < -0.39 is 6.09 Å². The van der Waals surface area contributed by atoms with Crippen LogP contribution in [0.4, 0.5) is 10.5 Å². The van der Waals surface area contributed by atoms with E-state index in [9.17, 15) is 4.79 Å². The third-order valence-electron chi connectivity index (χ3n) is 2.46. The van der Waals surface area contributed by atoms with Crippen molar-refractivity contribution in [3.8, 4) is 11.5 Å². The van der Waals surface area contributed by atoms with Gasteiger partial charge in [-0.15, -0.1) is 0 Å². The fourth-order valence-corrected chi connectivity index (χ4v) is 1.58. The molecule has 0 saturated carbocycles. The highest BCUT2D eigenvalue weighted by molar-refractivity contribution is 5.88. The lowest BCUT2D eigenvalue weighted by molar-refractivity contribution is 0.215. The largest absolute Gasteiger partial charge is 0.484 e. The number of para-hydroxylation sites is 3. The summed E-state index contributed by atoms with van der Waals surface area (Å²) in [4.78, 5) is 11.8. The molecule has 0 aliphatic carbocycles. The molecule has 1 amide bonds. The van der Waals surface area contributed by atoms with Gasteiger partial charge in [0.05, 0.1) is 5.69 Å². The smallest absolute Gasteiger partial charge is 0.417 e. The van der Waals surface area contributed by atoms with Crippen LogP contribution in [0.1, 0.15) is 0 Å². The van der Waals surface area contributed by atoms with Gasteiger partial charge in [-0.3, -0.25) is 10.7 Å². The Labute approximate surface area is 122 Å². The first-order chi connectivity index (χ1) is 10.1. The van der Waals surface area contributed by atoms with Gasteiger partial charge in [0, 0.05) is 0 Å². The van der Waals surface area contributed by atoms with E-state index in [2.05, 4.69) is 5.32 Å². The van der Waals surface area contributed by atoms with E-state index in [0.717, 1.165) is 0 Å². The van der Waals surface area contributed by atoms with Crippen LogP contribution >= 0.6 is 0 Å². The minimum absolute atomic E-state index is 0.0492. The fourth-order valence-electron chi connectivity index (χ4n) is 1.58. The number of anilines is 1. The molecule has 0 aromatic heterocycles. The molecule has 0 fully saturated rings. The number of carbonyl (C=O) groups is 1. The van der Waals surface area contributed by atoms with Crippen LogP contribution in [-0.2, 0) is 0 Å². The first kappa shape index (κ1) is 14.4. The standard InChI is InChI=1S/C15H15N3O3/c16-14(17)10-20-13-9-5-4-8-12(13)18-15(19)21-11-6-2-1-3-7-11/h1-9H,10H2,(H3,16,17)(H,18,19). The maximum Gasteiger partial charge on any atom is 0.417 e. The lowest BCUT2D eigenvalue weighted by Crippen LogP contribution is -2.21. The lowest BCUT2D eigenvalue weighted by atomic mass is 10.3. The maximum atomic E-state index is 11.8. The molecule has 0 aliphatic heterocycles. The minimum Gasteiger partial charge on any atom is -0.484 e.